The number of carbonyl (C=O) groups excluding carboxylic acids is 2. The number of thiol groups is 1. The topological polar surface area (TPSA) is 87.7 Å². The van der Waals surface area contributed by atoms with Gasteiger partial charge in [-0.3, -0.25) is 14.8 Å². The van der Waals surface area contributed by atoms with Gasteiger partial charge in [0.2, 0.25) is 11.0 Å². The predicted octanol–water partition coefficient (Wildman–Crippen LogP) is 1.05. The second kappa shape index (κ2) is 11.5. The number of amides is 1. The lowest BCUT2D eigenvalue weighted by molar-refractivity contribution is -0.245. The summed E-state index contributed by atoms with van der Waals surface area (Å²) >= 11 is 5.08. The predicted molar refractivity (Wildman–Crippen MR) is 90.5 cm³/mol. The Morgan fingerprint density at radius 2 is 2.00 bits per heavy atom. The van der Waals surface area contributed by atoms with Gasteiger partial charge in [-0.15, -0.1) is 0 Å². The molecular formula is C14H20N2O4S2. The highest BCUT2D eigenvalue weighted by Crippen LogP contribution is 2.11. The first-order chi connectivity index (χ1) is 10.7. The first-order valence-electron chi connectivity index (χ1n) is 6.77. The van der Waals surface area contributed by atoms with Crippen molar-refractivity contribution in [2.45, 2.75) is 6.04 Å². The Morgan fingerprint density at radius 1 is 1.27 bits per heavy atom. The molecule has 1 aromatic rings. The van der Waals surface area contributed by atoms with Crippen molar-refractivity contribution >= 4 is 35.4 Å². The van der Waals surface area contributed by atoms with Crippen LogP contribution in [0.5, 0.6) is 0 Å². The van der Waals surface area contributed by atoms with Crippen molar-refractivity contribution in [3.63, 3.8) is 0 Å². The van der Waals surface area contributed by atoms with E-state index in [9.17, 15) is 9.59 Å². The average Bonchev–Trinajstić information content (AvgIpc) is 2.56. The number of benzene rings is 1. The number of carbonyl (C=O) groups is 2. The third-order valence-corrected chi connectivity index (χ3v) is 4.07. The Morgan fingerprint density at radius 3 is 2.64 bits per heavy atom. The molecular weight excluding hydrogens is 324 g/mol. The first-order valence-corrected chi connectivity index (χ1v) is 8.38. The highest BCUT2D eigenvalue weighted by Gasteiger charge is 2.10. The Hall–Kier alpha value is -1.06. The van der Waals surface area contributed by atoms with Gasteiger partial charge in [0.25, 0.3) is 0 Å². The molecule has 1 unspecified atom stereocenters. The van der Waals surface area contributed by atoms with Crippen molar-refractivity contribution in [2.24, 2.45) is 0 Å². The number of thioether (sulfide) groups is 1. The van der Waals surface area contributed by atoms with Gasteiger partial charge in [0, 0.05) is 30.4 Å². The molecule has 0 aromatic heterocycles. The third-order valence-electron chi connectivity index (χ3n) is 2.72. The number of nitrogens with one attached hydrogen (secondary N) is 2. The van der Waals surface area contributed by atoms with Crippen molar-refractivity contribution in [1.29, 1.82) is 0 Å². The average molecular weight is 344 g/mol. The zero-order valence-electron chi connectivity index (χ0n) is 12.0. The van der Waals surface area contributed by atoms with Crippen molar-refractivity contribution in [3.8, 4) is 0 Å². The fourth-order valence-electron chi connectivity index (χ4n) is 1.58. The van der Waals surface area contributed by atoms with Gasteiger partial charge < -0.3 is 10.6 Å². The van der Waals surface area contributed by atoms with Crippen LogP contribution in [0.15, 0.2) is 30.3 Å². The second-order valence-corrected chi connectivity index (χ2v) is 5.73. The molecule has 1 amide bonds. The summed E-state index contributed by atoms with van der Waals surface area (Å²) in [5, 5.41) is 14.0. The van der Waals surface area contributed by atoms with Crippen LogP contribution in [-0.4, -0.2) is 53.5 Å². The summed E-state index contributed by atoms with van der Waals surface area (Å²) in [6, 6.07) is 8.76. The maximum Gasteiger partial charge on any atom is 0.230 e. The van der Waals surface area contributed by atoms with Crippen molar-refractivity contribution in [2.75, 3.05) is 31.2 Å². The Kier molecular flexibility index (Phi) is 9.93. The zero-order chi connectivity index (χ0) is 16.2. The summed E-state index contributed by atoms with van der Waals surface area (Å²) in [5.74, 6) is 0.399. The van der Waals surface area contributed by atoms with E-state index in [0.717, 1.165) is 11.8 Å². The van der Waals surface area contributed by atoms with Gasteiger partial charge in [0.05, 0.1) is 12.4 Å². The first kappa shape index (κ1) is 19.0. The van der Waals surface area contributed by atoms with Crippen molar-refractivity contribution in [3.05, 3.63) is 35.9 Å². The molecule has 0 heterocycles. The molecule has 0 saturated heterocycles. The molecule has 22 heavy (non-hydrogen) atoms. The summed E-state index contributed by atoms with van der Waals surface area (Å²) in [5.41, 5.74) is 0.586. The van der Waals surface area contributed by atoms with E-state index in [1.165, 1.54) is 0 Å². The summed E-state index contributed by atoms with van der Waals surface area (Å²) in [7, 11) is 0. The van der Waals surface area contributed by atoms with Crippen molar-refractivity contribution in [1.82, 2.24) is 10.6 Å². The minimum atomic E-state index is -0.197. The monoisotopic (exact) mass is 344 g/mol. The van der Waals surface area contributed by atoms with E-state index in [2.05, 4.69) is 28.1 Å². The van der Waals surface area contributed by atoms with Crippen LogP contribution in [0, 0.1) is 0 Å². The van der Waals surface area contributed by atoms with Crippen LogP contribution >= 0.6 is 24.4 Å². The lowest BCUT2D eigenvalue weighted by Gasteiger charge is -2.14. The van der Waals surface area contributed by atoms with E-state index < -0.39 is 0 Å². The lowest BCUT2D eigenvalue weighted by atomic mass is 10.2. The van der Waals surface area contributed by atoms with Gasteiger partial charge in [-0.25, -0.2) is 4.89 Å². The molecule has 0 fully saturated rings. The fraction of sp³-hybridized carbons (Fsp3) is 0.429. The van der Waals surface area contributed by atoms with Gasteiger partial charge in [-0.05, 0) is 0 Å². The lowest BCUT2D eigenvalue weighted by Crippen LogP contribution is -2.40. The maximum absolute atomic E-state index is 11.8. The molecule has 122 valence electrons. The standard InChI is InChI=1S/C14H20N2O4S2/c17-13(16-7-6-15-12(9-21)8-20-19)10-22-14(18)11-4-2-1-3-5-11/h1-5,12,15,19,21H,6-10H2,(H,16,17). The molecule has 8 heteroatoms. The molecule has 1 rings (SSSR count). The molecule has 1 atom stereocenters. The molecule has 0 aliphatic carbocycles. The third kappa shape index (κ3) is 7.81. The summed E-state index contributed by atoms with van der Waals surface area (Å²) in [6.45, 7) is 1.09. The summed E-state index contributed by atoms with van der Waals surface area (Å²) in [6.07, 6.45) is 0. The number of rotatable bonds is 10. The largest absolute Gasteiger partial charge is 0.354 e. The summed E-state index contributed by atoms with van der Waals surface area (Å²) in [4.78, 5) is 27.5. The van der Waals surface area contributed by atoms with Gasteiger partial charge >= 0.3 is 0 Å². The molecule has 0 spiro atoms. The fourth-order valence-corrected chi connectivity index (χ4v) is 2.49. The molecule has 0 aliphatic heterocycles. The summed E-state index contributed by atoms with van der Waals surface area (Å²) < 4.78 is 0. The van der Waals surface area contributed by atoms with Crippen LogP contribution < -0.4 is 10.6 Å². The van der Waals surface area contributed by atoms with Crippen LogP contribution in [0.4, 0.5) is 0 Å². The molecule has 6 nitrogen and oxygen atoms in total. The van der Waals surface area contributed by atoms with Crippen LogP contribution in [-0.2, 0) is 9.68 Å². The van der Waals surface area contributed by atoms with E-state index >= 15 is 0 Å². The Bertz CT molecular complexity index is 459. The molecule has 1 aromatic carbocycles. The number of hydrogen-bond acceptors (Lipinski definition) is 7. The highest BCUT2D eigenvalue weighted by atomic mass is 32.2. The number of hydrogen-bond donors (Lipinski definition) is 4. The highest BCUT2D eigenvalue weighted by molar-refractivity contribution is 8.14. The zero-order valence-corrected chi connectivity index (χ0v) is 13.7. The van der Waals surface area contributed by atoms with Gasteiger partial charge in [-0.2, -0.15) is 12.6 Å². The van der Waals surface area contributed by atoms with E-state index in [1.807, 2.05) is 6.07 Å². The maximum atomic E-state index is 11.8. The molecule has 0 bridgehead atoms. The normalized spacial score (nSPS) is 11.9. The smallest absolute Gasteiger partial charge is 0.230 e. The van der Waals surface area contributed by atoms with E-state index in [-0.39, 0.29) is 29.4 Å². The molecule has 0 saturated carbocycles. The molecule has 0 radical (unpaired) electrons. The molecule has 0 aliphatic rings. The van der Waals surface area contributed by atoms with Crippen LogP contribution in [0.3, 0.4) is 0 Å². The molecule has 3 N–H and O–H groups in total. The van der Waals surface area contributed by atoms with Crippen LogP contribution in [0.25, 0.3) is 0 Å². The van der Waals surface area contributed by atoms with E-state index in [4.69, 9.17) is 5.26 Å². The quantitative estimate of drug-likeness (QED) is 0.220. The van der Waals surface area contributed by atoms with Gasteiger partial charge in [0.15, 0.2) is 0 Å². The Balaban J connectivity index is 2.15. The Labute approximate surface area is 139 Å². The van der Waals surface area contributed by atoms with Crippen molar-refractivity contribution < 1.29 is 19.7 Å². The van der Waals surface area contributed by atoms with Crippen LogP contribution in [0.2, 0.25) is 0 Å². The van der Waals surface area contributed by atoms with Gasteiger partial charge in [0.1, 0.15) is 0 Å². The van der Waals surface area contributed by atoms with Crippen LogP contribution in [0.1, 0.15) is 10.4 Å². The van der Waals surface area contributed by atoms with Gasteiger partial charge in [-0.1, -0.05) is 42.1 Å². The SMILES string of the molecule is O=C(CSC(=O)c1ccccc1)NCCNC(CS)COO. The minimum Gasteiger partial charge on any atom is -0.354 e. The van der Waals surface area contributed by atoms with E-state index in [0.29, 0.717) is 24.4 Å². The van der Waals surface area contributed by atoms with E-state index in [1.54, 1.807) is 24.3 Å². The second-order valence-electron chi connectivity index (χ2n) is 4.42. The minimum absolute atomic E-state index is 0.0840.